The van der Waals surface area contributed by atoms with Crippen molar-refractivity contribution in [3.63, 3.8) is 0 Å². The van der Waals surface area contributed by atoms with Gasteiger partial charge in [-0.15, -0.1) is 0 Å². The van der Waals surface area contributed by atoms with Crippen LogP contribution < -0.4 is 10.2 Å². The molecule has 0 saturated carbocycles. The quantitative estimate of drug-likeness (QED) is 0.650. The standard InChI is InChI=1S/C12H16N4O4/c1-14(8-9-3-2-6-13-9)11-5-4-10(15(17)18)7-12(11)16(19)20/h4-5,7,9,13H,2-3,6,8H2,1H3. The first-order chi connectivity index (χ1) is 9.49. The van der Waals surface area contributed by atoms with E-state index in [4.69, 9.17) is 0 Å². The number of nitrogens with zero attached hydrogens (tertiary/aromatic N) is 3. The summed E-state index contributed by atoms with van der Waals surface area (Å²) in [4.78, 5) is 22.3. The Kier molecular flexibility index (Phi) is 4.14. The largest absolute Gasteiger partial charge is 0.367 e. The van der Waals surface area contributed by atoms with Gasteiger partial charge in [-0.1, -0.05) is 0 Å². The molecule has 2 rings (SSSR count). The van der Waals surface area contributed by atoms with Crippen LogP contribution in [0.3, 0.4) is 0 Å². The van der Waals surface area contributed by atoms with Crippen LogP contribution in [0.5, 0.6) is 0 Å². The fourth-order valence-electron chi connectivity index (χ4n) is 2.44. The molecule has 1 unspecified atom stereocenters. The minimum Gasteiger partial charge on any atom is -0.367 e. The average Bonchev–Trinajstić information content (AvgIpc) is 2.90. The van der Waals surface area contributed by atoms with E-state index < -0.39 is 9.85 Å². The van der Waals surface area contributed by atoms with Crippen molar-refractivity contribution in [2.45, 2.75) is 18.9 Å². The van der Waals surface area contributed by atoms with Gasteiger partial charge in [-0.2, -0.15) is 0 Å². The number of nitro benzene ring substituents is 2. The van der Waals surface area contributed by atoms with Crippen molar-refractivity contribution < 1.29 is 9.85 Å². The Bertz CT molecular complexity index is 528. The van der Waals surface area contributed by atoms with Gasteiger partial charge in [0, 0.05) is 25.7 Å². The number of hydrogen-bond donors (Lipinski definition) is 1. The van der Waals surface area contributed by atoms with Crippen LogP contribution in [0.15, 0.2) is 18.2 Å². The molecule has 0 radical (unpaired) electrons. The van der Waals surface area contributed by atoms with Crippen LogP contribution >= 0.6 is 0 Å². The Morgan fingerprint density at radius 1 is 1.35 bits per heavy atom. The average molecular weight is 280 g/mol. The normalized spacial score (nSPS) is 17.9. The lowest BCUT2D eigenvalue weighted by molar-refractivity contribution is -0.393. The predicted octanol–water partition coefficient (Wildman–Crippen LogP) is 1.69. The maximum Gasteiger partial charge on any atom is 0.299 e. The summed E-state index contributed by atoms with van der Waals surface area (Å²) < 4.78 is 0. The monoisotopic (exact) mass is 280 g/mol. The van der Waals surface area contributed by atoms with Crippen LogP contribution in [0.2, 0.25) is 0 Å². The van der Waals surface area contributed by atoms with E-state index in [2.05, 4.69) is 5.32 Å². The number of anilines is 1. The Hall–Kier alpha value is -2.22. The van der Waals surface area contributed by atoms with Crippen LogP contribution in [0.1, 0.15) is 12.8 Å². The van der Waals surface area contributed by atoms with Crippen molar-refractivity contribution in [2.75, 3.05) is 25.0 Å². The van der Waals surface area contributed by atoms with Gasteiger partial charge in [-0.05, 0) is 25.5 Å². The summed E-state index contributed by atoms with van der Waals surface area (Å²) in [5, 5.41) is 25.1. The molecule has 0 aromatic heterocycles. The summed E-state index contributed by atoms with van der Waals surface area (Å²) in [7, 11) is 1.76. The predicted molar refractivity (Wildman–Crippen MR) is 74.0 cm³/mol. The highest BCUT2D eigenvalue weighted by molar-refractivity contribution is 5.66. The van der Waals surface area contributed by atoms with Gasteiger partial charge in [-0.3, -0.25) is 20.2 Å². The maximum absolute atomic E-state index is 11.1. The summed E-state index contributed by atoms with van der Waals surface area (Å²) in [5.74, 6) is 0. The van der Waals surface area contributed by atoms with E-state index in [1.54, 1.807) is 11.9 Å². The van der Waals surface area contributed by atoms with Gasteiger partial charge in [0.2, 0.25) is 0 Å². The smallest absolute Gasteiger partial charge is 0.299 e. The molecule has 1 fully saturated rings. The van der Waals surface area contributed by atoms with E-state index in [-0.39, 0.29) is 11.4 Å². The van der Waals surface area contributed by atoms with Crippen LogP contribution in [-0.2, 0) is 0 Å². The Morgan fingerprint density at radius 3 is 2.65 bits per heavy atom. The molecule has 1 aromatic carbocycles. The minimum atomic E-state index is -0.630. The van der Waals surface area contributed by atoms with Crippen LogP contribution in [0.4, 0.5) is 17.1 Å². The first-order valence-corrected chi connectivity index (χ1v) is 6.36. The first-order valence-electron chi connectivity index (χ1n) is 6.36. The molecular formula is C12H16N4O4. The van der Waals surface area contributed by atoms with Crippen molar-refractivity contribution in [1.29, 1.82) is 0 Å². The lowest BCUT2D eigenvalue weighted by atomic mass is 10.2. The van der Waals surface area contributed by atoms with E-state index in [1.807, 2.05) is 0 Å². The SMILES string of the molecule is CN(CC1CCCN1)c1ccc([N+](=O)[O-])cc1[N+](=O)[O-]. The van der Waals surface area contributed by atoms with Gasteiger partial charge in [-0.25, -0.2) is 0 Å². The van der Waals surface area contributed by atoms with E-state index in [0.29, 0.717) is 18.3 Å². The summed E-state index contributed by atoms with van der Waals surface area (Å²) in [6.07, 6.45) is 2.13. The molecule has 1 aromatic rings. The highest BCUT2D eigenvalue weighted by Crippen LogP contribution is 2.31. The molecule has 0 amide bonds. The molecule has 1 aliphatic heterocycles. The van der Waals surface area contributed by atoms with Crippen molar-refractivity contribution in [1.82, 2.24) is 5.32 Å². The second-order valence-electron chi connectivity index (χ2n) is 4.86. The van der Waals surface area contributed by atoms with Crippen LogP contribution in [0, 0.1) is 20.2 Å². The molecule has 20 heavy (non-hydrogen) atoms. The van der Waals surface area contributed by atoms with Gasteiger partial charge in [0.15, 0.2) is 0 Å². The van der Waals surface area contributed by atoms with Gasteiger partial charge in [0.1, 0.15) is 5.69 Å². The van der Waals surface area contributed by atoms with Gasteiger partial charge < -0.3 is 10.2 Å². The highest BCUT2D eigenvalue weighted by Gasteiger charge is 2.24. The highest BCUT2D eigenvalue weighted by atomic mass is 16.6. The van der Waals surface area contributed by atoms with Crippen LogP contribution in [-0.4, -0.2) is 36.0 Å². The summed E-state index contributed by atoms with van der Waals surface area (Å²) in [5.41, 5.74) is -0.109. The van der Waals surface area contributed by atoms with E-state index in [0.717, 1.165) is 25.5 Å². The molecule has 8 nitrogen and oxygen atoms in total. The Balaban J connectivity index is 2.24. The number of rotatable bonds is 5. The maximum atomic E-state index is 11.1. The first kappa shape index (κ1) is 14.2. The zero-order valence-electron chi connectivity index (χ0n) is 11.1. The molecule has 1 atom stereocenters. The van der Waals surface area contributed by atoms with Crippen molar-refractivity contribution in [2.24, 2.45) is 0 Å². The van der Waals surface area contributed by atoms with Gasteiger partial charge in [0.05, 0.1) is 15.9 Å². The zero-order valence-corrected chi connectivity index (χ0v) is 11.1. The molecule has 1 saturated heterocycles. The Morgan fingerprint density at radius 2 is 2.10 bits per heavy atom. The second-order valence-corrected chi connectivity index (χ2v) is 4.86. The number of benzene rings is 1. The molecule has 0 bridgehead atoms. The molecule has 0 aliphatic carbocycles. The number of nitro groups is 2. The molecule has 1 aliphatic rings. The topological polar surface area (TPSA) is 102 Å². The lowest BCUT2D eigenvalue weighted by Gasteiger charge is -2.22. The van der Waals surface area contributed by atoms with E-state index in [9.17, 15) is 20.2 Å². The number of non-ortho nitro benzene ring substituents is 1. The minimum absolute atomic E-state index is 0.236. The lowest BCUT2D eigenvalue weighted by Crippen LogP contribution is -2.35. The fourth-order valence-corrected chi connectivity index (χ4v) is 2.44. The van der Waals surface area contributed by atoms with E-state index >= 15 is 0 Å². The van der Waals surface area contributed by atoms with Crippen LogP contribution in [0.25, 0.3) is 0 Å². The molecule has 108 valence electrons. The Labute approximate surface area is 115 Å². The van der Waals surface area contributed by atoms with Gasteiger partial charge >= 0.3 is 0 Å². The second kappa shape index (κ2) is 5.83. The van der Waals surface area contributed by atoms with Crippen molar-refractivity contribution >= 4 is 17.1 Å². The number of nitrogens with one attached hydrogen (secondary N) is 1. The molecule has 1 N–H and O–H groups in total. The summed E-state index contributed by atoms with van der Waals surface area (Å²) >= 11 is 0. The third-order valence-electron chi connectivity index (χ3n) is 3.43. The molecule has 1 heterocycles. The number of hydrogen-bond acceptors (Lipinski definition) is 6. The molecular weight excluding hydrogens is 264 g/mol. The summed E-state index contributed by atoms with van der Waals surface area (Å²) in [6.45, 7) is 1.60. The molecule has 0 spiro atoms. The third kappa shape index (κ3) is 3.02. The van der Waals surface area contributed by atoms with Crippen molar-refractivity contribution in [3.8, 4) is 0 Å². The third-order valence-corrected chi connectivity index (χ3v) is 3.43. The zero-order chi connectivity index (χ0) is 14.7. The number of likely N-dealkylation sites (N-methyl/N-ethyl adjacent to an activating group) is 1. The van der Waals surface area contributed by atoms with Gasteiger partial charge in [0.25, 0.3) is 11.4 Å². The molecule has 8 heteroatoms. The fraction of sp³-hybridized carbons (Fsp3) is 0.500. The van der Waals surface area contributed by atoms with E-state index in [1.165, 1.54) is 12.1 Å². The summed E-state index contributed by atoms with van der Waals surface area (Å²) in [6, 6.07) is 4.04. The van der Waals surface area contributed by atoms with Crippen molar-refractivity contribution in [3.05, 3.63) is 38.4 Å².